The van der Waals surface area contributed by atoms with E-state index in [9.17, 15) is 0 Å². The maximum atomic E-state index is 5.41. The third kappa shape index (κ3) is 30.3. The van der Waals surface area contributed by atoms with E-state index in [1.807, 2.05) is 13.8 Å². The summed E-state index contributed by atoms with van der Waals surface area (Å²) in [6.07, 6.45) is 3.33. The van der Waals surface area contributed by atoms with Crippen molar-refractivity contribution in [2.24, 2.45) is 11.8 Å². The average molecular weight is 335 g/mol. The fourth-order valence-electron chi connectivity index (χ4n) is 1.51. The van der Waals surface area contributed by atoms with Crippen LogP contribution in [0.4, 0.5) is 0 Å². The first-order valence-corrected chi connectivity index (χ1v) is 9.35. The summed E-state index contributed by atoms with van der Waals surface area (Å²) in [7, 11) is 0. The number of ether oxygens (including phenoxy) is 4. The summed E-state index contributed by atoms with van der Waals surface area (Å²) < 4.78 is 21.0. The van der Waals surface area contributed by atoms with Crippen molar-refractivity contribution in [2.75, 3.05) is 52.9 Å². The molecule has 0 aliphatic heterocycles. The van der Waals surface area contributed by atoms with E-state index in [-0.39, 0.29) is 0 Å². The molecular weight excluding hydrogens is 292 g/mol. The summed E-state index contributed by atoms with van der Waals surface area (Å²) in [4.78, 5) is 0. The molecule has 142 valence electrons. The minimum atomic E-state index is 0.731. The molecule has 0 heterocycles. The van der Waals surface area contributed by atoms with Gasteiger partial charge < -0.3 is 18.9 Å². The van der Waals surface area contributed by atoms with Gasteiger partial charge in [0, 0.05) is 39.6 Å². The Morgan fingerprint density at radius 1 is 0.522 bits per heavy atom. The number of hydrogen-bond donors (Lipinski definition) is 0. The van der Waals surface area contributed by atoms with E-state index in [2.05, 4.69) is 27.7 Å². The van der Waals surface area contributed by atoms with Crippen LogP contribution in [-0.4, -0.2) is 52.9 Å². The van der Waals surface area contributed by atoms with Gasteiger partial charge in [-0.15, -0.1) is 0 Å². The van der Waals surface area contributed by atoms with Crippen LogP contribution < -0.4 is 0 Å². The molecule has 23 heavy (non-hydrogen) atoms. The van der Waals surface area contributed by atoms with Gasteiger partial charge in [0.05, 0.1) is 13.2 Å². The van der Waals surface area contributed by atoms with Gasteiger partial charge in [0.2, 0.25) is 0 Å². The molecule has 0 saturated carbocycles. The SMILES string of the molecule is CCOCCCOCCC(C)C.CCOCCOCCC(C)C. The molecule has 0 saturated heterocycles. The van der Waals surface area contributed by atoms with E-state index < -0.39 is 0 Å². The first-order chi connectivity index (χ1) is 11.0. The molecule has 4 heteroatoms. The smallest absolute Gasteiger partial charge is 0.0700 e. The van der Waals surface area contributed by atoms with Crippen LogP contribution in [0.25, 0.3) is 0 Å². The third-order valence-corrected chi connectivity index (χ3v) is 3.04. The second-order valence-electron chi connectivity index (χ2n) is 6.34. The lowest BCUT2D eigenvalue weighted by atomic mass is 10.1. The minimum Gasteiger partial charge on any atom is -0.382 e. The molecule has 0 radical (unpaired) electrons. The predicted octanol–water partition coefficient (Wildman–Crippen LogP) is 4.56. The molecule has 0 aromatic carbocycles. The van der Waals surface area contributed by atoms with E-state index in [0.717, 1.165) is 84.0 Å². The van der Waals surface area contributed by atoms with E-state index >= 15 is 0 Å². The largest absolute Gasteiger partial charge is 0.382 e. The molecular formula is C19H42O4. The first kappa shape index (κ1) is 25.1. The Morgan fingerprint density at radius 3 is 1.39 bits per heavy atom. The lowest BCUT2D eigenvalue weighted by Crippen LogP contribution is -2.06. The fraction of sp³-hybridized carbons (Fsp3) is 1.00. The second kappa shape index (κ2) is 21.8. The van der Waals surface area contributed by atoms with Crippen LogP contribution in [0.3, 0.4) is 0 Å². The van der Waals surface area contributed by atoms with Gasteiger partial charge in [-0.2, -0.15) is 0 Å². The molecule has 4 nitrogen and oxygen atoms in total. The van der Waals surface area contributed by atoms with Gasteiger partial charge in [-0.1, -0.05) is 27.7 Å². The Morgan fingerprint density at radius 2 is 0.913 bits per heavy atom. The van der Waals surface area contributed by atoms with Crippen LogP contribution in [-0.2, 0) is 18.9 Å². The molecule has 0 amide bonds. The van der Waals surface area contributed by atoms with Crippen LogP contribution in [0, 0.1) is 11.8 Å². The molecule has 0 N–H and O–H groups in total. The molecule has 0 atom stereocenters. The van der Waals surface area contributed by atoms with Crippen LogP contribution in [0.1, 0.15) is 60.8 Å². The highest BCUT2D eigenvalue weighted by atomic mass is 16.5. The Hall–Kier alpha value is -0.160. The Bertz CT molecular complexity index is 196. The zero-order chi connectivity index (χ0) is 17.8. The van der Waals surface area contributed by atoms with Gasteiger partial charge in [0.25, 0.3) is 0 Å². The zero-order valence-corrected chi connectivity index (χ0v) is 16.6. The van der Waals surface area contributed by atoms with E-state index in [1.54, 1.807) is 0 Å². The number of rotatable bonds is 15. The molecule has 0 bridgehead atoms. The lowest BCUT2D eigenvalue weighted by Gasteiger charge is -2.05. The van der Waals surface area contributed by atoms with Crippen molar-refractivity contribution in [3.8, 4) is 0 Å². The maximum Gasteiger partial charge on any atom is 0.0700 e. The third-order valence-electron chi connectivity index (χ3n) is 3.04. The van der Waals surface area contributed by atoms with Crippen molar-refractivity contribution < 1.29 is 18.9 Å². The van der Waals surface area contributed by atoms with Gasteiger partial charge in [0.1, 0.15) is 0 Å². The highest BCUT2D eigenvalue weighted by Gasteiger charge is 1.94. The monoisotopic (exact) mass is 334 g/mol. The Balaban J connectivity index is 0. The average Bonchev–Trinajstić information content (AvgIpc) is 2.50. The highest BCUT2D eigenvalue weighted by molar-refractivity contribution is 4.43. The highest BCUT2D eigenvalue weighted by Crippen LogP contribution is 1.99. The molecule has 0 aliphatic carbocycles. The van der Waals surface area contributed by atoms with Gasteiger partial charge >= 0.3 is 0 Å². The summed E-state index contributed by atoms with van der Waals surface area (Å²) in [5.74, 6) is 1.49. The zero-order valence-electron chi connectivity index (χ0n) is 16.6. The van der Waals surface area contributed by atoms with E-state index in [1.165, 1.54) is 0 Å². The summed E-state index contributed by atoms with van der Waals surface area (Å²) >= 11 is 0. The van der Waals surface area contributed by atoms with Crippen molar-refractivity contribution in [1.29, 1.82) is 0 Å². The Kier molecular flexibility index (Phi) is 23.8. The number of hydrogen-bond acceptors (Lipinski definition) is 4. The molecule has 0 rings (SSSR count). The summed E-state index contributed by atoms with van der Waals surface area (Å²) in [5.41, 5.74) is 0. The van der Waals surface area contributed by atoms with Crippen molar-refractivity contribution >= 4 is 0 Å². The summed E-state index contributed by atoms with van der Waals surface area (Å²) in [6.45, 7) is 19.3. The summed E-state index contributed by atoms with van der Waals surface area (Å²) in [5, 5.41) is 0. The first-order valence-electron chi connectivity index (χ1n) is 9.35. The van der Waals surface area contributed by atoms with Gasteiger partial charge in [-0.3, -0.25) is 0 Å². The van der Waals surface area contributed by atoms with Crippen LogP contribution >= 0.6 is 0 Å². The normalized spacial score (nSPS) is 11.0. The second-order valence-corrected chi connectivity index (χ2v) is 6.34. The van der Waals surface area contributed by atoms with Crippen molar-refractivity contribution in [3.63, 3.8) is 0 Å². The van der Waals surface area contributed by atoms with E-state index in [0.29, 0.717) is 0 Å². The van der Waals surface area contributed by atoms with Crippen molar-refractivity contribution in [1.82, 2.24) is 0 Å². The fourth-order valence-corrected chi connectivity index (χ4v) is 1.51. The maximum absolute atomic E-state index is 5.41. The molecule has 0 aliphatic rings. The van der Waals surface area contributed by atoms with Crippen LogP contribution in [0.2, 0.25) is 0 Å². The topological polar surface area (TPSA) is 36.9 Å². The summed E-state index contributed by atoms with van der Waals surface area (Å²) in [6, 6.07) is 0. The van der Waals surface area contributed by atoms with Crippen LogP contribution in [0.5, 0.6) is 0 Å². The molecule has 0 aromatic heterocycles. The standard InChI is InChI=1S/C10H22O2.C9H20O2/c1-4-11-7-5-8-12-9-6-10(2)3;1-4-10-7-8-11-6-5-9(2)3/h10H,4-9H2,1-3H3;9H,4-8H2,1-3H3. The predicted molar refractivity (Wildman–Crippen MR) is 98.2 cm³/mol. The molecule has 0 unspecified atom stereocenters. The molecule has 0 spiro atoms. The lowest BCUT2D eigenvalue weighted by molar-refractivity contribution is 0.0488. The van der Waals surface area contributed by atoms with Gasteiger partial charge in [-0.05, 0) is 44.9 Å². The van der Waals surface area contributed by atoms with Crippen molar-refractivity contribution in [3.05, 3.63) is 0 Å². The van der Waals surface area contributed by atoms with E-state index in [4.69, 9.17) is 18.9 Å². The molecule has 0 aromatic rings. The minimum absolute atomic E-state index is 0.731. The van der Waals surface area contributed by atoms with Crippen molar-refractivity contribution in [2.45, 2.75) is 60.8 Å². The Labute approximate surface area is 145 Å². The van der Waals surface area contributed by atoms with Gasteiger partial charge in [-0.25, -0.2) is 0 Å². The van der Waals surface area contributed by atoms with Gasteiger partial charge in [0.15, 0.2) is 0 Å². The quantitative estimate of drug-likeness (QED) is 0.411. The van der Waals surface area contributed by atoms with Crippen LogP contribution in [0.15, 0.2) is 0 Å². The molecule has 0 fully saturated rings.